The zero-order valence-electron chi connectivity index (χ0n) is 16.9. The van der Waals surface area contributed by atoms with Gasteiger partial charge >= 0.3 is 0 Å². The van der Waals surface area contributed by atoms with Gasteiger partial charge in [0.25, 0.3) is 5.91 Å². The summed E-state index contributed by atoms with van der Waals surface area (Å²) in [6.45, 7) is 2.37. The maximum Gasteiger partial charge on any atom is 0.265 e. The highest BCUT2D eigenvalue weighted by molar-refractivity contribution is 7.89. The second-order valence-corrected chi connectivity index (χ2v) is 9.76. The summed E-state index contributed by atoms with van der Waals surface area (Å²) >= 11 is 5.93. The number of para-hydroxylation sites is 2. The Labute approximate surface area is 186 Å². The van der Waals surface area contributed by atoms with Gasteiger partial charge in [0.15, 0.2) is 6.10 Å². The first-order valence-electron chi connectivity index (χ1n) is 9.85. The molecule has 4 rings (SSSR count). The van der Waals surface area contributed by atoms with E-state index in [1.165, 1.54) is 28.3 Å². The predicted octanol–water partition coefficient (Wildman–Crippen LogP) is 1.99. The molecule has 1 fully saturated rings. The molecule has 0 spiro atoms. The van der Waals surface area contributed by atoms with E-state index in [0.29, 0.717) is 16.5 Å². The van der Waals surface area contributed by atoms with Crippen molar-refractivity contribution in [2.24, 2.45) is 0 Å². The molecule has 2 aromatic carbocycles. The molecule has 10 heteroatoms. The van der Waals surface area contributed by atoms with Crippen LogP contribution in [0.4, 0.5) is 5.69 Å². The van der Waals surface area contributed by atoms with Gasteiger partial charge in [-0.3, -0.25) is 9.59 Å². The SMILES string of the molecule is CC(=O)N1CC(C(=O)N2CCN(S(=O)(=O)c3cccc(Cl)c3)CC2)Oc2ccccc21. The van der Waals surface area contributed by atoms with E-state index in [4.69, 9.17) is 16.3 Å². The Morgan fingerprint density at radius 2 is 1.74 bits per heavy atom. The molecule has 31 heavy (non-hydrogen) atoms. The third-order valence-electron chi connectivity index (χ3n) is 5.41. The predicted molar refractivity (Wildman–Crippen MR) is 116 cm³/mol. The molecule has 8 nitrogen and oxygen atoms in total. The van der Waals surface area contributed by atoms with Crippen LogP contribution in [0.3, 0.4) is 0 Å². The number of carbonyl (C=O) groups excluding carboxylic acids is 2. The lowest BCUT2D eigenvalue weighted by Crippen LogP contribution is -2.56. The summed E-state index contributed by atoms with van der Waals surface area (Å²) in [6.07, 6.45) is -0.838. The minimum atomic E-state index is -3.69. The first-order valence-corrected chi connectivity index (χ1v) is 11.7. The van der Waals surface area contributed by atoms with Gasteiger partial charge in [-0.15, -0.1) is 0 Å². The van der Waals surface area contributed by atoms with Crippen LogP contribution in [0.2, 0.25) is 5.02 Å². The van der Waals surface area contributed by atoms with E-state index >= 15 is 0 Å². The molecule has 2 aliphatic heterocycles. The fourth-order valence-electron chi connectivity index (χ4n) is 3.79. The molecule has 2 amide bonds. The van der Waals surface area contributed by atoms with Gasteiger partial charge in [0.1, 0.15) is 5.75 Å². The van der Waals surface area contributed by atoms with Crippen molar-refractivity contribution in [1.82, 2.24) is 9.21 Å². The first-order chi connectivity index (χ1) is 14.8. The average molecular weight is 464 g/mol. The van der Waals surface area contributed by atoms with E-state index in [-0.39, 0.29) is 49.4 Å². The normalized spacial score (nSPS) is 19.5. The molecular weight excluding hydrogens is 442 g/mol. The molecule has 164 valence electrons. The van der Waals surface area contributed by atoms with Gasteiger partial charge in [-0.25, -0.2) is 8.42 Å². The van der Waals surface area contributed by atoms with Crippen LogP contribution >= 0.6 is 11.6 Å². The van der Waals surface area contributed by atoms with Crippen LogP contribution in [0.25, 0.3) is 0 Å². The Morgan fingerprint density at radius 3 is 2.42 bits per heavy atom. The quantitative estimate of drug-likeness (QED) is 0.694. The molecule has 0 saturated carbocycles. The maximum absolute atomic E-state index is 13.1. The molecule has 0 N–H and O–H groups in total. The molecule has 0 radical (unpaired) electrons. The summed E-state index contributed by atoms with van der Waals surface area (Å²) in [6, 6.07) is 13.2. The van der Waals surface area contributed by atoms with Gasteiger partial charge in [0.2, 0.25) is 15.9 Å². The molecule has 1 unspecified atom stereocenters. The number of ether oxygens (including phenoxy) is 1. The maximum atomic E-state index is 13.1. The third-order valence-corrected chi connectivity index (χ3v) is 7.54. The number of carbonyl (C=O) groups is 2. The van der Waals surface area contributed by atoms with E-state index in [1.807, 2.05) is 0 Å². The molecule has 0 aromatic heterocycles. The van der Waals surface area contributed by atoms with Gasteiger partial charge in [-0.05, 0) is 30.3 Å². The summed E-state index contributed by atoms with van der Waals surface area (Å²) in [4.78, 5) is 28.4. The van der Waals surface area contributed by atoms with Crippen LogP contribution in [-0.2, 0) is 19.6 Å². The first kappa shape index (κ1) is 21.6. The summed E-state index contributed by atoms with van der Waals surface area (Å²) in [5.74, 6) is 0.0380. The lowest BCUT2D eigenvalue weighted by Gasteiger charge is -2.38. The summed E-state index contributed by atoms with van der Waals surface area (Å²) < 4.78 is 33.0. The number of hydrogen-bond acceptors (Lipinski definition) is 5. The standard InChI is InChI=1S/C21H22ClN3O5S/c1-15(26)25-14-20(30-19-8-3-2-7-18(19)25)21(27)23-9-11-24(12-10-23)31(28,29)17-6-4-5-16(22)13-17/h2-8,13,20H,9-12,14H2,1H3. The van der Waals surface area contributed by atoms with Crippen molar-refractivity contribution in [3.8, 4) is 5.75 Å². The number of piperazine rings is 1. The number of rotatable bonds is 3. The minimum Gasteiger partial charge on any atom is -0.476 e. The van der Waals surface area contributed by atoms with E-state index < -0.39 is 16.1 Å². The van der Waals surface area contributed by atoms with Crippen molar-refractivity contribution >= 4 is 39.1 Å². The Morgan fingerprint density at radius 1 is 1.03 bits per heavy atom. The van der Waals surface area contributed by atoms with Crippen molar-refractivity contribution in [2.45, 2.75) is 17.9 Å². The Bertz CT molecular complexity index is 1120. The molecule has 0 aliphatic carbocycles. The number of hydrogen-bond donors (Lipinski definition) is 0. The summed E-state index contributed by atoms with van der Waals surface area (Å²) in [5.41, 5.74) is 0.636. The van der Waals surface area contributed by atoms with Gasteiger partial charge < -0.3 is 14.5 Å². The number of amides is 2. The number of anilines is 1. The second kappa shape index (κ2) is 8.49. The minimum absolute atomic E-state index is 0.117. The number of nitrogens with zero attached hydrogens (tertiary/aromatic N) is 3. The zero-order valence-corrected chi connectivity index (χ0v) is 18.5. The Kier molecular flexibility index (Phi) is 5.92. The van der Waals surface area contributed by atoms with E-state index in [2.05, 4.69) is 0 Å². The summed E-state index contributed by atoms with van der Waals surface area (Å²) in [7, 11) is -3.69. The van der Waals surface area contributed by atoms with E-state index in [1.54, 1.807) is 41.3 Å². The molecule has 0 bridgehead atoms. The van der Waals surface area contributed by atoms with Crippen LogP contribution in [0, 0.1) is 0 Å². The van der Waals surface area contributed by atoms with Crippen molar-refractivity contribution in [3.05, 3.63) is 53.6 Å². The number of fused-ring (bicyclic) bond motifs is 1. The number of halogens is 1. The largest absolute Gasteiger partial charge is 0.476 e. The topological polar surface area (TPSA) is 87.2 Å². The highest BCUT2D eigenvalue weighted by Gasteiger charge is 2.37. The van der Waals surface area contributed by atoms with Gasteiger partial charge in [-0.2, -0.15) is 4.31 Å². The van der Waals surface area contributed by atoms with Crippen LogP contribution < -0.4 is 9.64 Å². The van der Waals surface area contributed by atoms with Gasteiger partial charge in [0.05, 0.1) is 17.1 Å². The highest BCUT2D eigenvalue weighted by atomic mass is 35.5. The fraction of sp³-hybridized carbons (Fsp3) is 0.333. The van der Waals surface area contributed by atoms with Crippen molar-refractivity contribution in [1.29, 1.82) is 0 Å². The van der Waals surface area contributed by atoms with E-state index in [9.17, 15) is 18.0 Å². The molecule has 1 saturated heterocycles. The van der Waals surface area contributed by atoms with E-state index in [0.717, 1.165) is 0 Å². The molecule has 2 aromatic rings. The van der Waals surface area contributed by atoms with Crippen LogP contribution in [-0.4, -0.2) is 68.3 Å². The third kappa shape index (κ3) is 4.26. The van der Waals surface area contributed by atoms with Crippen LogP contribution in [0.5, 0.6) is 5.75 Å². The van der Waals surface area contributed by atoms with Gasteiger partial charge in [-0.1, -0.05) is 29.8 Å². The molecule has 1 atom stereocenters. The van der Waals surface area contributed by atoms with Crippen LogP contribution in [0.15, 0.2) is 53.4 Å². The molecular formula is C21H22ClN3O5S. The monoisotopic (exact) mass is 463 g/mol. The number of benzene rings is 2. The summed E-state index contributed by atoms with van der Waals surface area (Å²) in [5, 5.41) is 0.347. The Hall–Kier alpha value is -2.62. The van der Waals surface area contributed by atoms with Gasteiger partial charge in [0, 0.05) is 38.1 Å². The van der Waals surface area contributed by atoms with Crippen molar-refractivity contribution in [2.75, 3.05) is 37.6 Å². The fourth-order valence-corrected chi connectivity index (χ4v) is 5.51. The lowest BCUT2D eigenvalue weighted by atomic mass is 10.1. The Balaban J connectivity index is 1.45. The number of sulfonamides is 1. The highest BCUT2D eigenvalue weighted by Crippen LogP contribution is 2.33. The van der Waals surface area contributed by atoms with Crippen molar-refractivity contribution in [3.63, 3.8) is 0 Å². The van der Waals surface area contributed by atoms with Crippen LogP contribution in [0.1, 0.15) is 6.92 Å². The molecule has 2 heterocycles. The average Bonchev–Trinajstić information content (AvgIpc) is 2.77. The molecule has 2 aliphatic rings. The zero-order chi connectivity index (χ0) is 22.2. The lowest BCUT2D eigenvalue weighted by molar-refractivity contribution is -0.140. The smallest absolute Gasteiger partial charge is 0.265 e. The second-order valence-electron chi connectivity index (χ2n) is 7.39. The van der Waals surface area contributed by atoms with Crippen molar-refractivity contribution < 1.29 is 22.7 Å².